The van der Waals surface area contributed by atoms with Crippen molar-refractivity contribution in [3.63, 3.8) is 0 Å². The van der Waals surface area contributed by atoms with Crippen molar-refractivity contribution in [3.05, 3.63) is 42.5 Å². The van der Waals surface area contributed by atoms with Crippen LogP contribution in [-0.2, 0) is 0 Å². The number of nitrogens with one attached hydrogen (secondary N) is 1. The fraction of sp³-hybridized carbons (Fsp3) is 0.474. The van der Waals surface area contributed by atoms with Crippen molar-refractivity contribution in [1.29, 1.82) is 0 Å². The number of piperazine rings is 1. The lowest BCUT2D eigenvalue weighted by molar-refractivity contribution is 0.0740. The van der Waals surface area contributed by atoms with E-state index in [4.69, 9.17) is 0 Å². The highest BCUT2D eigenvalue weighted by molar-refractivity contribution is 5.93. The van der Waals surface area contributed by atoms with Crippen molar-refractivity contribution in [2.75, 3.05) is 42.9 Å². The van der Waals surface area contributed by atoms with Gasteiger partial charge in [0.1, 0.15) is 23.7 Å². The fourth-order valence-electron chi connectivity index (χ4n) is 3.00. The minimum absolute atomic E-state index is 0.0373. The fourth-order valence-corrected chi connectivity index (χ4v) is 3.00. The summed E-state index contributed by atoms with van der Waals surface area (Å²) in [5, 5.41) is 3.27. The number of anilines is 2. The Morgan fingerprint density at radius 1 is 1.12 bits per heavy atom. The Hall–Kier alpha value is -2.70. The molecule has 138 valence electrons. The van der Waals surface area contributed by atoms with Crippen molar-refractivity contribution in [2.24, 2.45) is 0 Å². The summed E-state index contributed by atoms with van der Waals surface area (Å²) in [6, 6.07) is 7.64. The molecule has 1 aliphatic heterocycles. The van der Waals surface area contributed by atoms with E-state index in [-0.39, 0.29) is 5.91 Å². The van der Waals surface area contributed by atoms with Gasteiger partial charge in [-0.15, -0.1) is 0 Å². The second kappa shape index (κ2) is 9.12. The quantitative estimate of drug-likeness (QED) is 0.770. The smallest absolute Gasteiger partial charge is 0.272 e. The molecular formula is C19H26N6O. The Kier molecular flexibility index (Phi) is 6.35. The third-order valence-electron chi connectivity index (χ3n) is 4.51. The van der Waals surface area contributed by atoms with Crippen molar-refractivity contribution in [1.82, 2.24) is 19.9 Å². The summed E-state index contributed by atoms with van der Waals surface area (Å²) in [4.78, 5) is 29.5. The van der Waals surface area contributed by atoms with Crippen LogP contribution in [0.15, 0.2) is 36.8 Å². The minimum atomic E-state index is -0.0373. The van der Waals surface area contributed by atoms with Crippen molar-refractivity contribution in [2.45, 2.75) is 26.2 Å². The Morgan fingerprint density at radius 3 is 2.69 bits per heavy atom. The van der Waals surface area contributed by atoms with Gasteiger partial charge < -0.3 is 15.1 Å². The Balaban J connectivity index is 1.55. The molecule has 0 bridgehead atoms. The van der Waals surface area contributed by atoms with Crippen LogP contribution in [-0.4, -0.2) is 58.5 Å². The lowest BCUT2D eigenvalue weighted by Gasteiger charge is -2.35. The normalized spacial score (nSPS) is 14.3. The minimum Gasteiger partial charge on any atom is -0.370 e. The van der Waals surface area contributed by atoms with Crippen LogP contribution in [0.4, 0.5) is 11.6 Å². The standard InChI is InChI=1S/C19H26N6O/c1-2-3-5-8-20-17-14-16(22-15-23-17)19(26)25-12-10-24(11-13-25)18-7-4-6-9-21-18/h4,6-7,9,14-15H,2-3,5,8,10-13H2,1H3,(H,20,22,23). The van der Waals surface area contributed by atoms with Crippen LogP contribution in [0, 0.1) is 0 Å². The Bertz CT molecular complexity index is 700. The van der Waals surface area contributed by atoms with Crippen LogP contribution in [0.25, 0.3) is 0 Å². The molecule has 0 saturated carbocycles. The molecule has 0 aliphatic carbocycles. The number of pyridine rings is 1. The molecule has 2 aromatic rings. The van der Waals surface area contributed by atoms with E-state index in [0.29, 0.717) is 24.6 Å². The SMILES string of the molecule is CCCCCNc1cc(C(=O)N2CCN(c3ccccn3)CC2)ncn1. The average Bonchev–Trinajstić information content (AvgIpc) is 2.72. The maximum absolute atomic E-state index is 12.7. The second-order valence-electron chi connectivity index (χ2n) is 6.39. The third kappa shape index (κ3) is 4.68. The van der Waals surface area contributed by atoms with Crippen LogP contribution >= 0.6 is 0 Å². The van der Waals surface area contributed by atoms with Crippen LogP contribution in [0.2, 0.25) is 0 Å². The van der Waals surface area contributed by atoms with Crippen LogP contribution < -0.4 is 10.2 Å². The van der Waals surface area contributed by atoms with E-state index in [1.165, 1.54) is 19.2 Å². The highest BCUT2D eigenvalue weighted by Gasteiger charge is 2.23. The zero-order valence-electron chi connectivity index (χ0n) is 15.3. The van der Waals surface area contributed by atoms with E-state index >= 15 is 0 Å². The number of rotatable bonds is 7. The second-order valence-corrected chi connectivity index (χ2v) is 6.39. The number of nitrogens with zero attached hydrogens (tertiary/aromatic N) is 5. The van der Waals surface area contributed by atoms with Crippen molar-refractivity contribution >= 4 is 17.5 Å². The van der Waals surface area contributed by atoms with Gasteiger partial charge in [0.25, 0.3) is 5.91 Å². The van der Waals surface area contributed by atoms with Crippen LogP contribution in [0.1, 0.15) is 36.7 Å². The number of unbranched alkanes of at least 4 members (excludes halogenated alkanes) is 2. The number of hydrogen-bond donors (Lipinski definition) is 1. The van der Waals surface area contributed by atoms with Crippen molar-refractivity contribution < 1.29 is 4.79 Å². The summed E-state index contributed by atoms with van der Waals surface area (Å²) >= 11 is 0. The molecule has 1 aliphatic rings. The molecule has 7 nitrogen and oxygen atoms in total. The largest absolute Gasteiger partial charge is 0.370 e. The molecule has 0 unspecified atom stereocenters. The molecule has 3 rings (SSSR count). The summed E-state index contributed by atoms with van der Waals surface area (Å²) in [6.07, 6.45) is 6.71. The maximum atomic E-state index is 12.7. The molecule has 1 amide bonds. The lowest BCUT2D eigenvalue weighted by Crippen LogP contribution is -2.49. The molecule has 1 saturated heterocycles. The van der Waals surface area contributed by atoms with Gasteiger partial charge in [0.15, 0.2) is 0 Å². The molecule has 7 heteroatoms. The first-order valence-corrected chi connectivity index (χ1v) is 9.29. The highest BCUT2D eigenvalue weighted by Crippen LogP contribution is 2.14. The summed E-state index contributed by atoms with van der Waals surface area (Å²) < 4.78 is 0. The molecule has 3 heterocycles. The van der Waals surface area contributed by atoms with Crippen LogP contribution in [0.3, 0.4) is 0 Å². The Morgan fingerprint density at radius 2 is 1.96 bits per heavy atom. The molecule has 0 radical (unpaired) electrons. The van der Waals surface area contributed by atoms with Gasteiger partial charge in [-0.25, -0.2) is 15.0 Å². The molecule has 0 atom stereocenters. The molecule has 1 N–H and O–H groups in total. The van der Waals surface area contributed by atoms with Gasteiger partial charge >= 0.3 is 0 Å². The van der Waals surface area contributed by atoms with Gasteiger partial charge in [0.2, 0.25) is 0 Å². The summed E-state index contributed by atoms with van der Waals surface area (Å²) in [7, 11) is 0. The number of aromatic nitrogens is 3. The van der Waals surface area contributed by atoms with E-state index in [9.17, 15) is 4.79 Å². The van der Waals surface area contributed by atoms with E-state index in [2.05, 4.69) is 32.1 Å². The predicted octanol–water partition coefficient (Wildman–Crippen LogP) is 2.44. The topological polar surface area (TPSA) is 74.2 Å². The first kappa shape index (κ1) is 18.1. The zero-order valence-corrected chi connectivity index (χ0v) is 15.3. The van der Waals surface area contributed by atoms with E-state index in [0.717, 1.165) is 31.9 Å². The molecule has 0 spiro atoms. The molecule has 1 fully saturated rings. The number of amides is 1. The Labute approximate surface area is 154 Å². The molecule has 2 aromatic heterocycles. The first-order valence-electron chi connectivity index (χ1n) is 9.29. The zero-order chi connectivity index (χ0) is 18.2. The van der Waals surface area contributed by atoms with Gasteiger partial charge in [-0.3, -0.25) is 4.79 Å². The lowest BCUT2D eigenvalue weighted by atomic mass is 10.2. The number of carbonyl (C=O) groups is 1. The van der Waals surface area contributed by atoms with Gasteiger partial charge in [-0.2, -0.15) is 0 Å². The summed E-state index contributed by atoms with van der Waals surface area (Å²) in [5.74, 6) is 1.64. The van der Waals surface area contributed by atoms with Gasteiger partial charge in [-0.1, -0.05) is 25.8 Å². The maximum Gasteiger partial charge on any atom is 0.272 e. The monoisotopic (exact) mass is 354 g/mol. The predicted molar refractivity (Wildman–Crippen MR) is 102 cm³/mol. The average molecular weight is 354 g/mol. The van der Waals surface area contributed by atoms with E-state index in [1.54, 1.807) is 12.3 Å². The molecular weight excluding hydrogens is 328 g/mol. The summed E-state index contributed by atoms with van der Waals surface area (Å²) in [6.45, 7) is 5.92. The van der Waals surface area contributed by atoms with Gasteiger partial charge in [-0.05, 0) is 18.6 Å². The molecule has 26 heavy (non-hydrogen) atoms. The van der Waals surface area contributed by atoms with Crippen molar-refractivity contribution in [3.8, 4) is 0 Å². The van der Waals surface area contributed by atoms with E-state index < -0.39 is 0 Å². The molecule has 0 aromatic carbocycles. The van der Waals surface area contributed by atoms with Crippen LogP contribution in [0.5, 0.6) is 0 Å². The third-order valence-corrected chi connectivity index (χ3v) is 4.51. The number of carbonyl (C=O) groups excluding carboxylic acids is 1. The number of hydrogen-bond acceptors (Lipinski definition) is 6. The summed E-state index contributed by atoms with van der Waals surface area (Å²) in [5.41, 5.74) is 0.448. The van der Waals surface area contributed by atoms with E-state index in [1.807, 2.05) is 23.1 Å². The van der Waals surface area contributed by atoms with Gasteiger partial charge in [0, 0.05) is 45.0 Å². The van der Waals surface area contributed by atoms with Gasteiger partial charge in [0.05, 0.1) is 0 Å². The first-order chi connectivity index (χ1) is 12.8. The highest BCUT2D eigenvalue weighted by atomic mass is 16.2.